The van der Waals surface area contributed by atoms with Gasteiger partial charge in [0.2, 0.25) is 0 Å². The van der Waals surface area contributed by atoms with E-state index in [1.165, 1.54) is 17.7 Å². The van der Waals surface area contributed by atoms with Crippen molar-refractivity contribution in [1.82, 2.24) is 0 Å². The summed E-state index contributed by atoms with van der Waals surface area (Å²) >= 11 is 1.57. The summed E-state index contributed by atoms with van der Waals surface area (Å²) in [5.74, 6) is 1.10. The zero-order valence-corrected chi connectivity index (χ0v) is 12.6. The van der Waals surface area contributed by atoms with E-state index in [9.17, 15) is 9.18 Å². The van der Waals surface area contributed by atoms with Gasteiger partial charge < -0.3 is 4.74 Å². The summed E-state index contributed by atoms with van der Waals surface area (Å²) in [6.45, 7) is 0.719. The smallest absolute Gasteiger partial charge is 0.191 e. The van der Waals surface area contributed by atoms with Crippen molar-refractivity contribution >= 4 is 23.6 Å². The molecule has 2 nitrogen and oxygen atoms in total. The van der Waals surface area contributed by atoms with E-state index < -0.39 is 0 Å². The molecule has 0 fully saturated rings. The van der Waals surface area contributed by atoms with Crippen LogP contribution in [-0.4, -0.2) is 18.1 Å². The molecule has 0 aliphatic carbocycles. The fourth-order valence-corrected chi connectivity index (χ4v) is 3.80. The van der Waals surface area contributed by atoms with E-state index >= 15 is 0 Å². The van der Waals surface area contributed by atoms with E-state index in [0.29, 0.717) is 16.9 Å². The van der Waals surface area contributed by atoms with Gasteiger partial charge in [0.15, 0.2) is 5.78 Å². The largest absolute Gasteiger partial charge is 0.493 e. The lowest BCUT2D eigenvalue weighted by molar-refractivity contribution is 0.103. The number of carbonyl (C=O) groups excluding carboxylic acids is 1. The van der Waals surface area contributed by atoms with Gasteiger partial charge in [-0.15, -0.1) is 11.8 Å². The van der Waals surface area contributed by atoms with Crippen LogP contribution in [0.1, 0.15) is 21.5 Å². The molecule has 0 saturated carbocycles. The second kappa shape index (κ2) is 5.29. The summed E-state index contributed by atoms with van der Waals surface area (Å²) in [4.78, 5) is 13.4. The van der Waals surface area contributed by atoms with E-state index in [1.54, 1.807) is 17.8 Å². The number of hydrogen-bond donors (Lipinski definition) is 0. The number of thioether (sulfide) groups is 1. The highest BCUT2D eigenvalue weighted by Gasteiger charge is 2.23. The first-order chi connectivity index (χ1) is 10.7. The highest BCUT2D eigenvalue weighted by Crippen LogP contribution is 2.34. The van der Waals surface area contributed by atoms with Crippen LogP contribution >= 0.6 is 11.8 Å². The number of rotatable bonds is 1. The van der Waals surface area contributed by atoms with Crippen molar-refractivity contribution in [2.75, 3.05) is 12.4 Å². The van der Waals surface area contributed by atoms with Crippen molar-refractivity contribution in [3.63, 3.8) is 0 Å². The minimum absolute atomic E-state index is 0.0787. The first-order valence-electron chi connectivity index (χ1n) is 7.14. The van der Waals surface area contributed by atoms with Gasteiger partial charge in [-0.05, 0) is 47.5 Å². The molecule has 4 rings (SSSR count). The molecule has 2 aliphatic rings. The van der Waals surface area contributed by atoms with E-state index in [1.807, 2.05) is 18.2 Å². The molecule has 0 atom stereocenters. The van der Waals surface area contributed by atoms with Gasteiger partial charge in [0.25, 0.3) is 0 Å². The Labute approximate surface area is 132 Å². The van der Waals surface area contributed by atoms with Crippen LogP contribution in [0, 0.1) is 5.82 Å². The molecular weight excluding hydrogens is 299 g/mol. The van der Waals surface area contributed by atoms with Crippen molar-refractivity contribution in [3.8, 4) is 5.75 Å². The second-order valence-electron chi connectivity index (χ2n) is 5.39. The van der Waals surface area contributed by atoms with Crippen molar-refractivity contribution in [2.24, 2.45) is 0 Å². The molecule has 4 heteroatoms. The average molecular weight is 312 g/mol. The zero-order valence-electron chi connectivity index (χ0n) is 11.8. The Bertz CT molecular complexity index is 811. The number of Topliss-reactive ketones (excluding diaryl/α,β-unsaturated/α-hetero) is 1. The van der Waals surface area contributed by atoms with E-state index in [-0.39, 0.29) is 11.6 Å². The summed E-state index contributed by atoms with van der Waals surface area (Å²) in [6.07, 6.45) is 2.81. The molecule has 0 aromatic heterocycles. The number of hydrogen-bond acceptors (Lipinski definition) is 3. The van der Waals surface area contributed by atoms with Gasteiger partial charge in [0, 0.05) is 28.2 Å². The minimum Gasteiger partial charge on any atom is -0.493 e. The third kappa shape index (κ3) is 2.33. The monoisotopic (exact) mass is 312 g/mol. The second-order valence-corrected chi connectivity index (χ2v) is 6.41. The van der Waals surface area contributed by atoms with Crippen LogP contribution in [0.5, 0.6) is 5.75 Å². The highest BCUT2D eigenvalue weighted by atomic mass is 32.2. The Balaban J connectivity index is 1.70. The summed E-state index contributed by atoms with van der Waals surface area (Å²) in [7, 11) is 0. The molecule has 0 bridgehead atoms. The SMILES string of the molecule is O=C1/C(=C\c2ccc3c(c2)CCO3)CSc2ccc(F)cc21. The number of benzene rings is 2. The van der Waals surface area contributed by atoms with Gasteiger partial charge in [0.1, 0.15) is 11.6 Å². The maximum absolute atomic E-state index is 13.4. The summed E-state index contributed by atoms with van der Waals surface area (Å²) in [5, 5.41) is 0. The third-order valence-corrected chi connectivity index (χ3v) is 5.04. The van der Waals surface area contributed by atoms with Crippen LogP contribution in [0.3, 0.4) is 0 Å². The topological polar surface area (TPSA) is 26.3 Å². The fourth-order valence-electron chi connectivity index (χ4n) is 2.80. The molecule has 2 heterocycles. The van der Waals surface area contributed by atoms with Crippen LogP contribution < -0.4 is 4.74 Å². The Morgan fingerprint density at radius 1 is 1.18 bits per heavy atom. The molecule has 2 aliphatic heterocycles. The van der Waals surface area contributed by atoms with Crippen molar-refractivity contribution in [1.29, 1.82) is 0 Å². The molecule has 0 spiro atoms. The molecule has 0 saturated heterocycles. The van der Waals surface area contributed by atoms with Crippen LogP contribution in [-0.2, 0) is 6.42 Å². The molecule has 2 aromatic rings. The van der Waals surface area contributed by atoms with Gasteiger partial charge in [-0.25, -0.2) is 4.39 Å². The average Bonchev–Trinajstić information content (AvgIpc) is 2.98. The van der Waals surface area contributed by atoms with Crippen molar-refractivity contribution in [3.05, 3.63) is 64.5 Å². The highest BCUT2D eigenvalue weighted by molar-refractivity contribution is 7.99. The maximum Gasteiger partial charge on any atom is 0.191 e. The van der Waals surface area contributed by atoms with Crippen molar-refractivity contribution < 1.29 is 13.9 Å². The Kier molecular flexibility index (Phi) is 3.26. The van der Waals surface area contributed by atoms with Crippen LogP contribution in [0.2, 0.25) is 0 Å². The number of halogens is 1. The van der Waals surface area contributed by atoms with Gasteiger partial charge >= 0.3 is 0 Å². The molecule has 0 amide bonds. The summed E-state index contributed by atoms with van der Waals surface area (Å²) in [5.41, 5.74) is 3.35. The molecule has 0 N–H and O–H groups in total. The number of ether oxygens (including phenoxy) is 1. The number of ketones is 1. The van der Waals surface area contributed by atoms with Crippen LogP contribution in [0.15, 0.2) is 46.9 Å². The molecule has 22 heavy (non-hydrogen) atoms. The van der Waals surface area contributed by atoms with Gasteiger partial charge in [-0.1, -0.05) is 6.07 Å². The third-order valence-electron chi connectivity index (χ3n) is 3.92. The van der Waals surface area contributed by atoms with Gasteiger partial charge in [-0.2, -0.15) is 0 Å². The maximum atomic E-state index is 13.4. The normalized spacial score (nSPS) is 18.0. The quantitative estimate of drug-likeness (QED) is 0.741. The van der Waals surface area contributed by atoms with Crippen LogP contribution in [0.4, 0.5) is 4.39 Å². The minimum atomic E-state index is -0.372. The number of fused-ring (bicyclic) bond motifs is 2. The standard InChI is InChI=1S/C18H13FO2S/c19-14-2-4-17-15(9-14)18(20)13(10-22-17)8-11-1-3-16-12(7-11)5-6-21-16/h1-4,7-9H,5-6,10H2/b13-8-. The first-order valence-corrected chi connectivity index (χ1v) is 8.12. The van der Waals surface area contributed by atoms with Crippen LogP contribution in [0.25, 0.3) is 6.08 Å². The van der Waals surface area contributed by atoms with E-state index in [0.717, 1.165) is 29.2 Å². The number of carbonyl (C=O) groups is 1. The molecule has 110 valence electrons. The van der Waals surface area contributed by atoms with E-state index in [4.69, 9.17) is 4.74 Å². The zero-order chi connectivity index (χ0) is 15.1. The lowest BCUT2D eigenvalue weighted by Crippen LogP contribution is -2.12. The molecule has 0 unspecified atom stereocenters. The molecule has 2 aromatic carbocycles. The van der Waals surface area contributed by atoms with Gasteiger partial charge in [0.05, 0.1) is 6.61 Å². The summed E-state index contributed by atoms with van der Waals surface area (Å²) in [6, 6.07) is 10.4. The summed E-state index contributed by atoms with van der Waals surface area (Å²) < 4.78 is 18.9. The first kappa shape index (κ1) is 13.6. The predicted octanol–water partition coefficient (Wildman–Crippen LogP) is 4.13. The Morgan fingerprint density at radius 3 is 3.00 bits per heavy atom. The Hall–Kier alpha value is -2.07. The lowest BCUT2D eigenvalue weighted by atomic mass is 10.0. The van der Waals surface area contributed by atoms with Gasteiger partial charge in [-0.3, -0.25) is 4.79 Å². The van der Waals surface area contributed by atoms with E-state index in [2.05, 4.69) is 6.07 Å². The Morgan fingerprint density at radius 2 is 2.09 bits per heavy atom. The lowest BCUT2D eigenvalue weighted by Gasteiger charge is -2.17. The predicted molar refractivity (Wildman–Crippen MR) is 85.1 cm³/mol. The molecule has 0 radical (unpaired) electrons. The fraction of sp³-hybridized carbons (Fsp3) is 0.167. The van der Waals surface area contributed by atoms with Crippen molar-refractivity contribution in [2.45, 2.75) is 11.3 Å². The molecular formula is C18H13FO2S.